The van der Waals surface area contributed by atoms with E-state index in [1.807, 2.05) is 13.8 Å². The van der Waals surface area contributed by atoms with Crippen molar-refractivity contribution in [3.63, 3.8) is 0 Å². The van der Waals surface area contributed by atoms with Gasteiger partial charge in [-0.2, -0.15) is 0 Å². The van der Waals surface area contributed by atoms with Crippen LogP contribution in [0.5, 0.6) is 0 Å². The van der Waals surface area contributed by atoms with E-state index in [1.54, 1.807) is 5.57 Å². The first kappa shape index (κ1) is 18.2. The Morgan fingerprint density at radius 1 is 1.27 bits per heavy atom. The lowest BCUT2D eigenvalue weighted by Crippen LogP contribution is -2.67. The molecule has 0 bridgehead atoms. The summed E-state index contributed by atoms with van der Waals surface area (Å²) in [5.41, 5.74) is 2.92. The lowest BCUT2D eigenvalue weighted by molar-refractivity contribution is -0.105. The third-order valence-corrected chi connectivity index (χ3v) is 6.36. The van der Waals surface area contributed by atoms with Crippen LogP contribution in [0.25, 0.3) is 6.08 Å². The van der Waals surface area contributed by atoms with Crippen LogP contribution in [0.4, 0.5) is 0 Å². The molecule has 3 heteroatoms. The molecule has 0 unspecified atom stereocenters. The molecule has 3 fully saturated rings. The monoisotopic (exact) mass is 354 g/mol. The lowest BCUT2D eigenvalue weighted by atomic mass is 9.60. The van der Waals surface area contributed by atoms with E-state index in [0.29, 0.717) is 17.5 Å². The lowest BCUT2D eigenvalue weighted by Gasteiger charge is -2.60. The molecular weight excluding hydrogens is 320 g/mol. The fourth-order valence-corrected chi connectivity index (χ4v) is 5.25. The number of benzene rings is 1. The molecule has 3 aliphatic rings. The van der Waals surface area contributed by atoms with Gasteiger partial charge < -0.3 is 10.4 Å². The van der Waals surface area contributed by atoms with E-state index in [4.69, 9.17) is 0 Å². The summed E-state index contributed by atoms with van der Waals surface area (Å²) in [5.74, 6) is 0.741. The van der Waals surface area contributed by atoms with Crippen molar-refractivity contribution in [3.8, 4) is 0 Å². The number of nitrogens with zero attached hydrogens (tertiary/aromatic N) is 1. The Kier molecular flexibility index (Phi) is 4.75. The van der Waals surface area contributed by atoms with Gasteiger partial charge in [-0.05, 0) is 56.4 Å². The highest BCUT2D eigenvalue weighted by atomic mass is 16.3. The van der Waals surface area contributed by atoms with E-state index in [0.717, 1.165) is 18.9 Å². The minimum absolute atomic E-state index is 0.556. The minimum Gasteiger partial charge on any atom is -0.389 e. The van der Waals surface area contributed by atoms with Crippen LogP contribution in [-0.4, -0.2) is 47.3 Å². The van der Waals surface area contributed by atoms with Crippen molar-refractivity contribution in [2.45, 2.75) is 64.1 Å². The largest absolute Gasteiger partial charge is 0.389 e. The van der Waals surface area contributed by atoms with Crippen LogP contribution >= 0.6 is 0 Å². The van der Waals surface area contributed by atoms with E-state index < -0.39 is 5.60 Å². The van der Waals surface area contributed by atoms with Gasteiger partial charge in [-0.3, -0.25) is 4.90 Å². The average molecular weight is 355 g/mol. The molecule has 1 heterocycles. The quantitative estimate of drug-likeness (QED) is 0.784. The second-order valence-corrected chi connectivity index (χ2v) is 9.66. The van der Waals surface area contributed by atoms with Gasteiger partial charge in [0.2, 0.25) is 0 Å². The second-order valence-electron chi connectivity index (χ2n) is 9.66. The zero-order chi connectivity index (χ0) is 18.4. The van der Waals surface area contributed by atoms with Crippen molar-refractivity contribution in [1.82, 2.24) is 10.2 Å². The van der Waals surface area contributed by atoms with Crippen LogP contribution in [0.3, 0.4) is 0 Å². The maximum absolute atomic E-state index is 9.94. The molecule has 2 atom stereocenters. The SMILES string of the molecule is CC/C(=C\c1ccccc1)[C@@H]1C[C@H]1NC1CC2(C1)CN(CC(C)(C)O)C2. The van der Waals surface area contributed by atoms with Crippen LogP contribution in [0.15, 0.2) is 35.9 Å². The highest BCUT2D eigenvalue weighted by Crippen LogP contribution is 2.50. The Hall–Kier alpha value is -1.16. The van der Waals surface area contributed by atoms with Gasteiger partial charge in [0.25, 0.3) is 0 Å². The molecule has 3 nitrogen and oxygen atoms in total. The molecule has 26 heavy (non-hydrogen) atoms. The smallest absolute Gasteiger partial charge is 0.0718 e. The number of hydrogen-bond donors (Lipinski definition) is 2. The Balaban J connectivity index is 1.22. The first-order valence-corrected chi connectivity index (χ1v) is 10.3. The van der Waals surface area contributed by atoms with Crippen molar-refractivity contribution in [1.29, 1.82) is 0 Å². The molecule has 1 aromatic carbocycles. The summed E-state index contributed by atoms with van der Waals surface area (Å²) in [6, 6.07) is 12.1. The maximum atomic E-state index is 9.94. The Bertz CT molecular complexity index is 647. The molecule has 2 aliphatic carbocycles. The molecule has 1 saturated heterocycles. The predicted molar refractivity (Wildman–Crippen MR) is 108 cm³/mol. The highest BCUT2D eigenvalue weighted by molar-refractivity contribution is 5.54. The Morgan fingerprint density at radius 3 is 2.58 bits per heavy atom. The summed E-state index contributed by atoms with van der Waals surface area (Å²) in [6.07, 6.45) is 7.50. The zero-order valence-corrected chi connectivity index (χ0v) is 16.5. The third-order valence-electron chi connectivity index (χ3n) is 6.36. The van der Waals surface area contributed by atoms with Crippen molar-refractivity contribution in [3.05, 3.63) is 41.5 Å². The number of likely N-dealkylation sites (tertiary alicyclic amines) is 1. The molecule has 1 aliphatic heterocycles. The first-order chi connectivity index (χ1) is 12.4. The number of hydrogen-bond acceptors (Lipinski definition) is 3. The van der Waals surface area contributed by atoms with Crippen molar-refractivity contribution in [2.75, 3.05) is 19.6 Å². The summed E-state index contributed by atoms with van der Waals surface area (Å²) < 4.78 is 0. The first-order valence-electron chi connectivity index (χ1n) is 10.3. The van der Waals surface area contributed by atoms with Gasteiger partial charge in [0, 0.05) is 31.7 Å². The van der Waals surface area contributed by atoms with Crippen LogP contribution in [0.2, 0.25) is 0 Å². The van der Waals surface area contributed by atoms with Gasteiger partial charge >= 0.3 is 0 Å². The third kappa shape index (κ3) is 4.05. The van der Waals surface area contributed by atoms with Gasteiger partial charge in [-0.25, -0.2) is 0 Å². The number of nitrogens with one attached hydrogen (secondary N) is 1. The summed E-state index contributed by atoms with van der Waals surface area (Å²) >= 11 is 0. The topological polar surface area (TPSA) is 35.5 Å². The van der Waals surface area contributed by atoms with Crippen LogP contribution in [0.1, 0.15) is 52.0 Å². The summed E-state index contributed by atoms with van der Waals surface area (Å²) in [5, 5.41) is 13.9. The zero-order valence-electron chi connectivity index (χ0n) is 16.5. The van der Waals surface area contributed by atoms with Gasteiger partial charge in [-0.15, -0.1) is 0 Å². The minimum atomic E-state index is -0.564. The molecule has 2 saturated carbocycles. The standard InChI is InChI=1S/C23H34N2O/c1-4-18(10-17-8-6-5-7-9-17)20-11-21(20)24-19-12-23(13-19)15-25(16-23)14-22(2,3)26/h5-10,19-21,24,26H,4,11-16H2,1-3H3/b18-10+/t20-,21+/m0/s1. The molecule has 0 aromatic heterocycles. The van der Waals surface area contributed by atoms with E-state index >= 15 is 0 Å². The Morgan fingerprint density at radius 2 is 1.96 bits per heavy atom. The summed E-state index contributed by atoms with van der Waals surface area (Å²) in [7, 11) is 0. The second kappa shape index (κ2) is 6.78. The molecule has 1 spiro atoms. The molecule has 4 rings (SSSR count). The molecule has 0 radical (unpaired) electrons. The fraction of sp³-hybridized carbons (Fsp3) is 0.652. The van der Waals surface area contributed by atoms with Crippen LogP contribution in [-0.2, 0) is 0 Å². The average Bonchev–Trinajstić information content (AvgIpc) is 3.27. The normalized spacial score (nSPS) is 28.7. The number of rotatable bonds is 7. The van der Waals surface area contributed by atoms with Crippen molar-refractivity contribution in [2.24, 2.45) is 11.3 Å². The van der Waals surface area contributed by atoms with Gasteiger partial charge in [-0.1, -0.05) is 48.9 Å². The number of β-amino-alcohol motifs (C(OH)–C–C–N with tert-alkyl or cyclic N) is 1. The number of aliphatic hydroxyl groups is 1. The van der Waals surface area contributed by atoms with Crippen molar-refractivity contribution < 1.29 is 5.11 Å². The molecule has 2 N–H and O–H groups in total. The van der Waals surface area contributed by atoms with Gasteiger partial charge in [0.05, 0.1) is 5.60 Å². The van der Waals surface area contributed by atoms with E-state index in [2.05, 4.69) is 53.5 Å². The van der Waals surface area contributed by atoms with E-state index in [1.165, 1.54) is 37.9 Å². The van der Waals surface area contributed by atoms with Crippen molar-refractivity contribution >= 4 is 6.08 Å². The molecule has 1 aromatic rings. The molecule has 0 amide bonds. The van der Waals surface area contributed by atoms with Crippen LogP contribution < -0.4 is 5.32 Å². The fourth-order valence-electron chi connectivity index (χ4n) is 5.25. The van der Waals surface area contributed by atoms with E-state index in [-0.39, 0.29) is 0 Å². The van der Waals surface area contributed by atoms with Gasteiger partial charge in [0.1, 0.15) is 0 Å². The van der Waals surface area contributed by atoms with E-state index in [9.17, 15) is 5.11 Å². The molecular formula is C23H34N2O. The summed E-state index contributed by atoms with van der Waals surface area (Å²) in [4.78, 5) is 2.41. The molecule has 142 valence electrons. The maximum Gasteiger partial charge on any atom is 0.0718 e. The van der Waals surface area contributed by atoms with Gasteiger partial charge in [0.15, 0.2) is 0 Å². The predicted octanol–water partition coefficient (Wildman–Crippen LogP) is 3.69. The van der Waals surface area contributed by atoms with Crippen LogP contribution in [0, 0.1) is 11.3 Å². The highest BCUT2D eigenvalue weighted by Gasteiger charge is 2.54. The Labute approximate surface area is 158 Å². The summed E-state index contributed by atoms with van der Waals surface area (Å²) in [6.45, 7) is 9.26.